The Bertz CT molecular complexity index is 1440. The molecule has 40 heavy (non-hydrogen) atoms. The van der Waals surface area contributed by atoms with Gasteiger partial charge in [-0.3, -0.25) is 9.59 Å². The average molecular weight is 552 g/mol. The smallest absolute Gasteiger partial charge is 0.416 e. The maximum atomic E-state index is 13.6. The second kappa shape index (κ2) is 12.1. The first-order chi connectivity index (χ1) is 19.1. The number of benzene rings is 2. The number of hydrogen-bond donors (Lipinski definition) is 1. The fourth-order valence-electron chi connectivity index (χ4n) is 4.32. The molecule has 3 aromatic rings. The minimum atomic E-state index is -4.66. The van der Waals surface area contributed by atoms with E-state index in [1.165, 1.54) is 23.1 Å². The molecule has 2 aromatic carbocycles. The first kappa shape index (κ1) is 28.4. The molecular weight excluding hydrogens is 523 g/mol. The number of amides is 2. The van der Waals surface area contributed by atoms with E-state index in [1.807, 2.05) is 18.7 Å². The molecule has 0 spiro atoms. The standard InChI is InChI=1S/C29H28F3N5O3/c1-3-35(4-2)28(40)25-10-11-26(34-33-25)36-12-14-37(15-13-36)27(39)22-16-21(17-23(19-22)29(30,31)32)9-8-20-6-5-7-24(38)18-20/h5-7,10-11,16-19,38H,3-4,12-15H2,1-2H3. The Balaban J connectivity index is 1.47. The van der Waals surface area contributed by atoms with Crippen LogP contribution in [0.2, 0.25) is 0 Å². The van der Waals surface area contributed by atoms with Crippen LogP contribution in [0.5, 0.6) is 5.75 Å². The zero-order valence-corrected chi connectivity index (χ0v) is 22.1. The van der Waals surface area contributed by atoms with Crippen molar-refractivity contribution >= 4 is 17.6 Å². The number of aromatic nitrogens is 2. The normalized spacial score (nSPS) is 13.4. The van der Waals surface area contributed by atoms with E-state index in [0.717, 1.165) is 12.1 Å². The summed E-state index contributed by atoms with van der Waals surface area (Å²) in [5.41, 5.74) is -0.368. The molecule has 2 amide bonds. The molecule has 208 valence electrons. The summed E-state index contributed by atoms with van der Waals surface area (Å²) in [6.45, 7) is 6.21. The lowest BCUT2D eigenvalue weighted by atomic mass is 10.0. The summed E-state index contributed by atoms with van der Waals surface area (Å²) in [5, 5.41) is 17.8. The lowest BCUT2D eigenvalue weighted by molar-refractivity contribution is -0.137. The molecular formula is C29H28F3N5O3. The maximum Gasteiger partial charge on any atom is 0.416 e. The van der Waals surface area contributed by atoms with Crippen LogP contribution >= 0.6 is 0 Å². The van der Waals surface area contributed by atoms with Crippen LogP contribution in [0.3, 0.4) is 0 Å². The third-order valence-electron chi connectivity index (χ3n) is 6.52. The van der Waals surface area contributed by atoms with Gasteiger partial charge in [0.2, 0.25) is 0 Å². The number of anilines is 1. The number of piperazine rings is 1. The number of phenolic OH excluding ortho intramolecular Hbond substituents is 1. The monoisotopic (exact) mass is 551 g/mol. The van der Waals surface area contributed by atoms with Gasteiger partial charge in [0, 0.05) is 56.0 Å². The van der Waals surface area contributed by atoms with E-state index in [1.54, 1.807) is 29.2 Å². The van der Waals surface area contributed by atoms with Gasteiger partial charge in [0.25, 0.3) is 11.8 Å². The molecule has 0 saturated carbocycles. The lowest BCUT2D eigenvalue weighted by Crippen LogP contribution is -2.49. The molecule has 4 rings (SSSR count). The van der Waals surface area contributed by atoms with Gasteiger partial charge >= 0.3 is 6.18 Å². The maximum absolute atomic E-state index is 13.6. The fourth-order valence-corrected chi connectivity index (χ4v) is 4.32. The zero-order chi connectivity index (χ0) is 28.9. The highest BCUT2D eigenvalue weighted by Gasteiger charge is 2.33. The third-order valence-corrected chi connectivity index (χ3v) is 6.52. The number of carbonyl (C=O) groups is 2. The number of halogens is 3. The van der Waals surface area contributed by atoms with E-state index in [2.05, 4.69) is 22.0 Å². The predicted molar refractivity (Wildman–Crippen MR) is 143 cm³/mol. The molecule has 1 aliphatic rings. The van der Waals surface area contributed by atoms with Crippen LogP contribution in [0.1, 0.15) is 51.4 Å². The Kier molecular flexibility index (Phi) is 8.58. The van der Waals surface area contributed by atoms with Crippen molar-refractivity contribution in [2.45, 2.75) is 20.0 Å². The summed E-state index contributed by atoms with van der Waals surface area (Å²) in [7, 11) is 0. The van der Waals surface area contributed by atoms with Crippen molar-refractivity contribution in [2.24, 2.45) is 0 Å². The predicted octanol–water partition coefficient (Wildman–Crippen LogP) is 4.05. The van der Waals surface area contributed by atoms with Gasteiger partial charge in [-0.2, -0.15) is 13.2 Å². The van der Waals surface area contributed by atoms with Crippen molar-refractivity contribution in [3.05, 3.63) is 82.5 Å². The summed E-state index contributed by atoms with van der Waals surface area (Å²) < 4.78 is 40.9. The summed E-state index contributed by atoms with van der Waals surface area (Å²) in [6, 6.07) is 12.4. The first-order valence-corrected chi connectivity index (χ1v) is 12.8. The highest BCUT2D eigenvalue weighted by atomic mass is 19.4. The van der Waals surface area contributed by atoms with Crippen LogP contribution in [0.4, 0.5) is 19.0 Å². The lowest BCUT2D eigenvalue weighted by Gasteiger charge is -2.35. The van der Waals surface area contributed by atoms with Gasteiger partial charge in [0.05, 0.1) is 5.56 Å². The van der Waals surface area contributed by atoms with Gasteiger partial charge in [0.1, 0.15) is 5.75 Å². The van der Waals surface area contributed by atoms with Crippen LogP contribution in [0.15, 0.2) is 54.6 Å². The number of rotatable bonds is 5. The van der Waals surface area contributed by atoms with Crippen molar-refractivity contribution in [3.63, 3.8) is 0 Å². The molecule has 8 nitrogen and oxygen atoms in total. The van der Waals surface area contributed by atoms with Gasteiger partial charge in [-0.1, -0.05) is 17.9 Å². The highest BCUT2D eigenvalue weighted by Crippen LogP contribution is 2.31. The molecule has 1 fully saturated rings. The quantitative estimate of drug-likeness (QED) is 0.482. The highest BCUT2D eigenvalue weighted by molar-refractivity contribution is 5.95. The van der Waals surface area contributed by atoms with Crippen molar-refractivity contribution in [2.75, 3.05) is 44.2 Å². The van der Waals surface area contributed by atoms with Crippen LogP contribution in [-0.4, -0.2) is 76.2 Å². The van der Waals surface area contributed by atoms with E-state index in [9.17, 15) is 27.9 Å². The average Bonchev–Trinajstić information content (AvgIpc) is 2.96. The van der Waals surface area contributed by atoms with Crippen molar-refractivity contribution < 1.29 is 27.9 Å². The largest absolute Gasteiger partial charge is 0.508 e. The number of alkyl halides is 3. The summed E-state index contributed by atoms with van der Waals surface area (Å²) in [6.07, 6.45) is -4.66. The van der Waals surface area contributed by atoms with Gasteiger partial charge in [-0.05, 0) is 62.4 Å². The van der Waals surface area contributed by atoms with Gasteiger partial charge in [0.15, 0.2) is 11.5 Å². The molecule has 0 bridgehead atoms. The summed E-state index contributed by atoms with van der Waals surface area (Å²) in [5.74, 6) is 5.20. The molecule has 0 unspecified atom stereocenters. The molecule has 0 radical (unpaired) electrons. The van der Waals surface area contributed by atoms with E-state index >= 15 is 0 Å². The van der Waals surface area contributed by atoms with Crippen molar-refractivity contribution in [1.29, 1.82) is 0 Å². The van der Waals surface area contributed by atoms with Gasteiger partial charge in [-0.25, -0.2) is 0 Å². The Labute approximate surface area is 230 Å². The van der Waals surface area contributed by atoms with Crippen LogP contribution < -0.4 is 4.90 Å². The van der Waals surface area contributed by atoms with Crippen LogP contribution in [0, 0.1) is 11.8 Å². The number of nitrogens with zero attached hydrogens (tertiary/aromatic N) is 5. The molecule has 1 N–H and O–H groups in total. The number of carbonyl (C=O) groups excluding carboxylic acids is 2. The Morgan fingerprint density at radius 2 is 1.62 bits per heavy atom. The molecule has 0 atom stereocenters. The van der Waals surface area contributed by atoms with Crippen molar-refractivity contribution in [1.82, 2.24) is 20.0 Å². The van der Waals surface area contributed by atoms with Gasteiger partial charge < -0.3 is 19.8 Å². The summed E-state index contributed by atoms with van der Waals surface area (Å²) >= 11 is 0. The molecule has 11 heteroatoms. The number of phenols is 1. The molecule has 1 aliphatic heterocycles. The Hall–Kier alpha value is -4.59. The van der Waals surface area contributed by atoms with E-state index in [4.69, 9.17) is 0 Å². The van der Waals surface area contributed by atoms with E-state index < -0.39 is 17.6 Å². The minimum absolute atomic E-state index is 0.0131. The van der Waals surface area contributed by atoms with Crippen molar-refractivity contribution in [3.8, 4) is 17.6 Å². The third kappa shape index (κ3) is 6.69. The van der Waals surface area contributed by atoms with Gasteiger partial charge in [-0.15, -0.1) is 10.2 Å². The second-order valence-corrected chi connectivity index (χ2v) is 9.13. The minimum Gasteiger partial charge on any atom is -0.508 e. The fraction of sp³-hybridized carbons (Fsp3) is 0.310. The zero-order valence-electron chi connectivity index (χ0n) is 22.1. The first-order valence-electron chi connectivity index (χ1n) is 12.8. The molecule has 0 aliphatic carbocycles. The summed E-state index contributed by atoms with van der Waals surface area (Å²) in [4.78, 5) is 30.7. The van der Waals surface area contributed by atoms with Crippen LogP contribution in [-0.2, 0) is 6.18 Å². The number of aromatic hydroxyl groups is 1. The topological polar surface area (TPSA) is 89.9 Å². The molecule has 1 aromatic heterocycles. The number of hydrogen-bond acceptors (Lipinski definition) is 6. The second-order valence-electron chi connectivity index (χ2n) is 9.13. The van der Waals surface area contributed by atoms with E-state index in [-0.39, 0.29) is 41.6 Å². The van der Waals surface area contributed by atoms with E-state index in [0.29, 0.717) is 37.6 Å². The SMILES string of the molecule is CCN(CC)C(=O)c1ccc(N2CCN(C(=O)c3cc(C#Cc4cccc(O)c4)cc(C(F)(F)F)c3)CC2)nn1. The molecule has 2 heterocycles. The van der Waals surface area contributed by atoms with Crippen LogP contribution in [0.25, 0.3) is 0 Å². The molecule has 1 saturated heterocycles. The Morgan fingerprint density at radius 3 is 2.23 bits per heavy atom. The Morgan fingerprint density at radius 1 is 0.925 bits per heavy atom.